The second-order valence-corrected chi connectivity index (χ2v) is 7.36. The first-order chi connectivity index (χ1) is 15.6. The summed E-state index contributed by atoms with van der Waals surface area (Å²) in [5.74, 6) is 0.762. The number of Topliss-reactive ketones (excluding diaryl/α,β-unsaturated/α-hetero) is 1. The number of anilines is 2. The minimum absolute atomic E-state index is 0.243. The fourth-order valence-corrected chi connectivity index (χ4v) is 3.42. The van der Waals surface area contributed by atoms with Gasteiger partial charge in [0.25, 0.3) is 0 Å². The third-order valence-corrected chi connectivity index (χ3v) is 4.95. The zero-order chi connectivity index (χ0) is 22.3. The van der Waals surface area contributed by atoms with Crippen molar-refractivity contribution in [3.63, 3.8) is 0 Å². The Kier molecular flexibility index (Phi) is 6.37. The van der Waals surface area contributed by atoms with Gasteiger partial charge in [0, 0.05) is 34.6 Å². The Morgan fingerprint density at radius 1 is 0.562 bits per heavy atom. The Balaban J connectivity index is 1.73. The standard InChI is InChI=1S/C27H24N2O3/c28-21-13-7-15-23(17-21)31-26(19-9-3-1-4-10-19)25(30)27(20-11-5-2-6-12-20)32-24-16-8-14-22(29)18-24/h1-18,26-27H,28-29H2. The highest BCUT2D eigenvalue weighted by atomic mass is 16.5. The molecule has 5 heteroatoms. The topological polar surface area (TPSA) is 87.6 Å². The average molecular weight is 425 g/mol. The maximum atomic E-state index is 13.9. The molecule has 0 aromatic heterocycles. The molecule has 0 aliphatic carbocycles. The fourth-order valence-electron chi connectivity index (χ4n) is 3.42. The second kappa shape index (κ2) is 9.71. The molecule has 5 nitrogen and oxygen atoms in total. The van der Waals surface area contributed by atoms with Gasteiger partial charge in [0.15, 0.2) is 12.2 Å². The molecular formula is C27H24N2O3. The predicted molar refractivity (Wildman–Crippen MR) is 126 cm³/mol. The number of hydrogen-bond donors (Lipinski definition) is 2. The summed E-state index contributed by atoms with van der Waals surface area (Å²) in [6.07, 6.45) is -1.80. The Hall–Kier alpha value is -4.25. The first-order valence-corrected chi connectivity index (χ1v) is 10.3. The number of ketones is 1. The van der Waals surface area contributed by atoms with Crippen LogP contribution in [0.4, 0.5) is 11.4 Å². The molecule has 0 spiro atoms. The third kappa shape index (κ3) is 5.08. The number of hydrogen-bond acceptors (Lipinski definition) is 5. The van der Waals surface area contributed by atoms with E-state index < -0.39 is 12.2 Å². The van der Waals surface area contributed by atoms with E-state index in [4.69, 9.17) is 20.9 Å². The molecule has 0 fully saturated rings. The van der Waals surface area contributed by atoms with Crippen LogP contribution in [0.3, 0.4) is 0 Å². The highest BCUT2D eigenvalue weighted by Gasteiger charge is 2.33. The molecule has 0 saturated carbocycles. The monoisotopic (exact) mass is 424 g/mol. The van der Waals surface area contributed by atoms with Crippen molar-refractivity contribution in [2.45, 2.75) is 12.2 Å². The van der Waals surface area contributed by atoms with E-state index in [1.54, 1.807) is 48.5 Å². The maximum absolute atomic E-state index is 13.9. The first kappa shape index (κ1) is 21.0. The quantitative estimate of drug-likeness (QED) is 0.372. The summed E-state index contributed by atoms with van der Waals surface area (Å²) in [7, 11) is 0. The van der Waals surface area contributed by atoms with Gasteiger partial charge in [-0.05, 0) is 24.3 Å². The molecule has 2 unspecified atom stereocenters. The lowest BCUT2D eigenvalue weighted by Crippen LogP contribution is -2.28. The van der Waals surface area contributed by atoms with E-state index in [9.17, 15) is 4.79 Å². The molecule has 4 N–H and O–H groups in total. The lowest BCUT2D eigenvalue weighted by molar-refractivity contribution is -0.133. The molecule has 0 amide bonds. The van der Waals surface area contributed by atoms with Crippen LogP contribution in [0.1, 0.15) is 23.3 Å². The highest BCUT2D eigenvalue weighted by Crippen LogP contribution is 2.32. The number of nitrogens with two attached hydrogens (primary N) is 2. The summed E-state index contributed by atoms with van der Waals surface area (Å²) in [6, 6.07) is 32.7. The molecule has 4 aromatic carbocycles. The number of carbonyl (C=O) groups is 1. The number of benzene rings is 4. The summed E-state index contributed by atoms with van der Waals surface area (Å²) >= 11 is 0. The number of ether oxygens (including phenoxy) is 2. The molecule has 32 heavy (non-hydrogen) atoms. The third-order valence-electron chi connectivity index (χ3n) is 4.95. The van der Waals surface area contributed by atoms with Gasteiger partial charge in [0.1, 0.15) is 11.5 Å². The first-order valence-electron chi connectivity index (χ1n) is 10.3. The van der Waals surface area contributed by atoms with E-state index in [0.29, 0.717) is 22.9 Å². The summed E-state index contributed by atoms with van der Waals surface area (Å²) in [4.78, 5) is 13.9. The summed E-state index contributed by atoms with van der Waals surface area (Å²) in [5.41, 5.74) is 14.4. The average Bonchev–Trinajstić information content (AvgIpc) is 2.82. The Bertz CT molecular complexity index is 1090. The molecule has 0 saturated heterocycles. The normalized spacial score (nSPS) is 12.5. The van der Waals surface area contributed by atoms with Gasteiger partial charge in [-0.1, -0.05) is 72.8 Å². The van der Waals surface area contributed by atoms with Crippen molar-refractivity contribution < 1.29 is 14.3 Å². The zero-order valence-corrected chi connectivity index (χ0v) is 17.4. The van der Waals surface area contributed by atoms with Gasteiger partial charge in [-0.3, -0.25) is 4.79 Å². The summed E-state index contributed by atoms with van der Waals surface area (Å²) in [6.45, 7) is 0. The van der Waals surface area contributed by atoms with Crippen LogP contribution >= 0.6 is 0 Å². The van der Waals surface area contributed by atoms with Gasteiger partial charge in [0.05, 0.1) is 0 Å². The smallest absolute Gasteiger partial charge is 0.222 e. The van der Waals surface area contributed by atoms with Crippen LogP contribution in [0.15, 0.2) is 109 Å². The van der Waals surface area contributed by atoms with Gasteiger partial charge in [-0.25, -0.2) is 0 Å². The second-order valence-electron chi connectivity index (χ2n) is 7.36. The van der Waals surface area contributed by atoms with E-state index >= 15 is 0 Å². The van der Waals surface area contributed by atoms with Crippen molar-refractivity contribution >= 4 is 17.2 Å². The Morgan fingerprint density at radius 3 is 1.34 bits per heavy atom. The Morgan fingerprint density at radius 2 is 0.969 bits per heavy atom. The van der Waals surface area contributed by atoms with Crippen LogP contribution in [0.5, 0.6) is 11.5 Å². The van der Waals surface area contributed by atoms with Crippen LogP contribution in [-0.2, 0) is 4.79 Å². The molecule has 4 rings (SSSR count). The van der Waals surface area contributed by atoms with E-state index in [2.05, 4.69) is 0 Å². The number of rotatable bonds is 8. The molecule has 2 atom stereocenters. The van der Waals surface area contributed by atoms with E-state index in [0.717, 1.165) is 11.1 Å². The Labute approximate surface area is 187 Å². The SMILES string of the molecule is Nc1cccc(OC(C(=O)C(Oc2cccc(N)c2)c2ccccc2)c2ccccc2)c1. The molecule has 0 aliphatic rings. The lowest BCUT2D eigenvalue weighted by Gasteiger charge is -2.25. The minimum atomic E-state index is -0.899. The molecule has 0 heterocycles. The molecule has 0 aliphatic heterocycles. The van der Waals surface area contributed by atoms with Crippen LogP contribution in [-0.4, -0.2) is 5.78 Å². The van der Waals surface area contributed by atoms with Gasteiger partial charge in [0.2, 0.25) is 5.78 Å². The number of nitrogen functional groups attached to an aromatic ring is 2. The van der Waals surface area contributed by atoms with Gasteiger partial charge in [-0.2, -0.15) is 0 Å². The van der Waals surface area contributed by atoms with Gasteiger partial charge >= 0.3 is 0 Å². The van der Waals surface area contributed by atoms with Crippen molar-refractivity contribution in [3.8, 4) is 11.5 Å². The summed E-state index contributed by atoms with van der Waals surface area (Å²) in [5, 5.41) is 0. The van der Waals surface area contributed by atoms with E-state index in [-0.39, 0.29) is 5.78 Å². The molecule has 0 radical (unpaired) electrons. The zero-order valence-electron chi connectivity index (χ0n) is 17.4. The van der Waals surface area contributed by atoms with Crippen molar-refractivity contribution in [1.29, 1.82) is 0 Å². The van der Waals surface area contributed by atoms with E-state index in [1.807, 2.05) is 60.7 Å². The van der Waals surface area contributed by atoms with Crippen molar-refractivity contribution in [3.05, 3.63) is 120 Å². The largest absolute Gasteiger partial charge is 0.478 e. The number of carbonyl (C=O) groups excluding carboxylic acids is 1. The van der Waals surface area contributed by atoms with Gasteiger partial charge < -0.3 is 20.9 Å². The van der Waals surface area contributed by atoms with Crippen molar-refractivity contribution in [1.82, 2.24) is 0 Å². The van der Waals surface area contributed by atoms with Crippen LogP contribution in [0.2, 0.25) is 0 Å². The fraction of sp³-hybridized carbons (Fsp3) is 0.0741. The van der Waals surface area contributed by atoms with Crippen LogP contribution in [0, 0.1) is 0 Å². The molecule has 160 valence electrons. The summed E-state index contributed by atoms with van der Waals surface area (Å²) < 4.78 is 12.3. The maximum Gasteiger partial charge on any atom is 0.222 e. The van der Waals surface area contributed by atoms with Gasteiger partial charge in [-0.15, -0.1) is 0 Å². The predicted octanol–water partition coefficient (Wildman–Crippen LogP) is 5.36. The molecule has 4 aromatic rings. The molecule has 0 bridgehead atoms. The van der Waals surface area contributed by atoms with Crippen LogP contribution in [0.25, 0.3) is 0 Å². The lowest BCUT2D eigenvalue weighted by atomic mass is 9.97. The highest BCUT2D eigenvalue weighted by molar-refractivity contribution is 5.90. The van der Waals surface area contributed by atoms with E-state index in [1.165, 1.54) is 0 Å². The van der Waals surface area contributed by atoms with Crippen molar-refractivity contribution in [2.75, 3.05) is 11.5 Å². The molecular weight excluding hydrogens is 400 g/mol. The van der Waals surface area contributed by atoms with Crippen molar-refractivity contribution in [2.24, 2.45) is 0 Å². The minimum Gasteiger partial charge on any atom is -0.478 e. The van der Waals surface area contributed by atoms with Crippen LogP contribution < -0.4 is 20.9 Å².